The first kappa shape index (κ1) is 9.89. The zero-order valence-corrected chi connectivity index (χ0v) is 8.47. The molecule has 15 heavy (non-hydrogen) atoms. The molecule has 1 heterocycles. The number of ether oxygens (including phenoxy) is 1. The lowest BCUT2D eigenvalue weighted by Crippen LogP contribution is -2.03. The summed E-state index contributed by atoms with van der Waals surface area (Å²) in [7, 11) is 0. The van der Waals surface area contributed by atoms with Crippen molar-refractivity contribution in [2.75, 3.05) is 0 Å². The number of aromatic nitrogens is 1. The van der Waals surface area contributed by atoms with Gasteiger partial charge in [0, 0.05) is 0 Å². The average molecular weight is 208 g/mol. The van der Waals surface area contributed by atoms with E-state index in [0.717, 1.165) is 12.8 Å². The van der Waals surface area contributed by atoms with Gasteiger partial charge >= 0.3 is 0 Å². The molecule has 5 nitrogen and oxygen atoms in total. The summed E-state index contributed by atoms with van der Waals surface area (Å²) in [4.78, 5) is 14.2. The fourth-order valence-electron chi connectivity index (χ4n) is 1.44. The van der Waals surface area contributed by atoms with E-state index >= 15 is 0 Å². The molecule has 1 saturated carbocycles. The van der Waals surface area contributed by atoms with Crippen molar-refractivity contribution in [2.24, 2.45) is 0 Å². The summed E-state index contributed by atoms with van der Waals surface area (Å²) in [5.74, 6) is 0.564. The van der Waals surface area contributed by atoms with Crippen LogP contribution in [-0.2, 0) is 6.42 Å². The van der Waals surface area contributed by atoms with Gasteiger partial charge in [-0.25, -0.2) is 0 Å². The van der Waals surface area contributed by atoms with Gasteiger partial charge in [-0.05, 0) is 19.3 Å². The van der Waals surface area contributed by atoms with Crippen LogP contribution in [0.5, 0.6) is 5.75 Å². The largest absolute Gasteiger partial charge is 0.488 e. The molecule has 1 aromatic heterocycles. The fourth-order valence-corrected chi connectivity index (χ4v) is 1.44. The molecule has 0 unspecified atom stereocenters. The van der Waals surface area contributed by atoms with Gasteiger partial charge in [0.15, 0.2) is 0 Å². The monoisotopic (exact) mass is 208 g/mol. The van der Waals surface area contributed by atoms with E-state index < -0.39 is 4.92 Å². The fraction of sp³-hybridized carbons (Fsp3) is 0.500. The van der Waals surface area contributed by atoms with Crippen molar-refractivity contribution in [3.8, 4) is 5.75 Å². The molecule has 0 atom stereocenters. The van der Waals surface area contributed by atoms with Gasteiger partial charge in [-0.15, -0.1) is 0 Å². The molecule has 1 aliphatic carbocycles. The maximum absolute atomic E-state index is 10.7. The van der Waals surface area contributed by atoms with Crippen LogP contribution >= 0.6 is 0 Å². The van der Waals surface area contributed by atoms with Crippen LogP contribution in [0.1, 0.15) is 25.3 Å². The van der Waals surface area contributed by atoms with Crippen LogP contribution in [0.3, 0.4) is 0 Å². The summed E-state index contributed by atoms with van der Waals surface area (Å²) in [5, 5.41) is 10.7. The zero-order valence-electron chi connectivity index (χ0n) is 8.47. The first-order valence-electron chi connectivity index (χ1n) is 5.00. The van der Waals surface area contributed by atoms with Crippen molar-refractivity contribution in [1.29, 1.82) is 0 Å². The minimum Gasteiger partial charge on any atom is -0.488 e. The second kappa shape index (κ2) is 3.84. The Morgan fingerprint density at radius 1 is 1.60 bits per heavy atom. The quantitative estimate of drug-likeness (QED) is 0.561. The summed E-state index contributed by atoms with van der Waals surface area (Å²) >= 11 is 0. The Bertz CT molecular complexity index is 388. The standard InChI is InChI=1S/C10H12N2O3/c1-2-8-9(12(13)14)5-11-6-10(8)15-7-3-4-7/h5-7H,2-4H2,1H3. The van der Waals surface area contributed by atoms with E-state index in [1.807, 2.05) is 6.92 Å². The summed E-state index contributed by atoms with van der Waals surface area (Å²) in [6, 6.07) is 0. The predicted molar refractivity (Wildman–Crippen MR) is 53.9 cm³/mol. The van der Waals surface area contributed by atoms with Crippen LogP contribution in [-0.4, -0.2) is 16.0 Å². The highest BCUT2D eigenvalue weighted by Crippen LogP contribution is 2.32. The highest BCUT2D eigenvalue weighted by Gasteiger charge is 2.26. The second-order valence-corrected chi connectivity index (χ2v) is 3.56. The Kier molecular flexibility index (Phi) is 2.53. The Morgan fingerprint density at radius 3 is 2.87 bits per heavy atom. The first-order valence-corrected chi connectivity index (χ1v) is 5.00. The summed E-state index contributed by atoms with van der Waals surface area (Å²) in [6.45, 7) is 1.88. The molecule has 0 saturated heterocycles. The molecular weight excluding hydrogens is 196 g/mol. The van der Waals surface area contributed by atoms with Crippen molar-refractivity contribution in [2.45, 2.75) is 32.3 Å². The van der Waals surface area contributed by atoms with Gasteiger partial charge in [0.25, 0.3) is 5.69 Å². The van der Waals surface area contributed by atoms with Crippen LogP contribution in [0, 0.1) is 10.1 Å². The molecule has 1 aromatic rings. The summed E-state index contributed by atoms with van der Waals surface area (Å²) in [5.41, 5.74) is 0.692. The van der Waals surface area contributed by atoms with Gasteiger partial charge in [0.1, 0.15) is 11.9 Å². The molecule has 0 aliphatic heterocycles. The number of hydrogen-bond donors (Lipinski definition) is 0. The Hall–Kier alpha value is -1.65. The Balaban J connectivity index is 2.34. The van der Waals surface area contributed by atoms with Crippen LogP contribution in [0.15, 0.2) is 12.4 Å². The molecule has 0 amide bonds. The van der Waals surface area contributed by atoms with Gasteiger partial charge in [-0.3, -0.25) is 15.1 Å². The topological polar surface area (TPSA) is 65.3 Å². The van der Waals surface area contributed by atoms with Crippen molar-refractivity contribution < 1.29 is 9.66 Å². The predicted octanol–water partition coefficient (Wildman–Crippen LogP) is 2.09. The smallest absolute Gasteiger partial charge is 0.294 e. The SMILES string of the molecule is CCc1c(OC2CC2)cncc1[N+](=O)[O-]. The van der Waals surface area contributed by atoms with Crippen LogP contribution in [0.25, 0.3) is 0 Å². The summed E-state index contributed by atoms with van der Waals surface area (Å²) in [6.07, 6.45) is 5.72. The highest BCUT2D eigenvalue weighted by molar-refractivity contribution is 5.46. The van der Waals surface area contributed by atoms with Gasteiger partial charge in [-0.2, -0.15) is 0 Å². The molecule has 80 valence electrons. The van der Waals surface area contributed by atoms with Crippen LogP contribution < -0.4 is 4.74 Å². The molecule has 5 heteroatoms. The average Bonchev–Trinajstić information content (AvgIpc) is 3.01. The first-order chi connectivity index (χ1) is 7.22. The Labute approximate surface area is 87.2 Å². The third-order valence-corrected chi connectivity index (χ3v) is 2.36. The number of hydrogen-bond acceptors (Lipinski definition) is 4. The maximum Gasteiger partial charge on any atom is 0.294 e. The zero-order chi connectivity index (χ0) is 10.8. The molecule has 1 fully saturated rings. The molecular formula is C10H12N2O3. The summed E-state index contributed by atoms with van der Waals surface area (Å²) < 4.78 is 5.57. The molecule has 1 aliphatic rings. The van der Waals surface area contributed by atoms with Gasteiger partial charge in [0.05, 0.1) is 22.8 Å². The normalized spacial score (nSPS) is 15.0. The van der Waals surface area contributed by atoms with E-state index in [0.29, 0.717) is 17.7 Å². The number of pyridine rings is 1. The maximum atomic E-state index is 10.7. The van der Waals surface area contributed by atoms with Crippen molar-refractivity contribution in [1.82, 2.24) is 4.98 Å². The van der Waals surface area contributed by atoms with Crippen molar-refractivity contribution in [3.63, 3.8) is 0 Å². The van der Waals surface area contributed by atoms with E-state index in [9.17, 15) is 10.1 Å². The number of nitrogens with zero attached hydrogens (tertiary/aromatic N) is 2. The van der Waals surface area contributed by atoms with Gasteiger partial charge < -0.3 is 4.74 Å². The van der Waals surface area contributed by atoms with E-state index in [2.05, 4.69) is 4.98 Å². The lowest BCUT2D eigenvalue weighted by Gasteiger charge is -2.08. The second-order valence-electron chi connectivity index (χ2n) is 3.56. The van der Waals surface area contributed by atoms with Crippen LogP contribution in [0.4, 0.5) is 5.69 Å². The number of rotatable bonds is 4. The lowest BCUT2D eigenvalue weighted by atomic mass is 10.1. The molecule has 0 radical (unpaired) electrons. The lowest BCUT2D eigenvalue weighted by molar-refractivity contribution is -0.385. The third-order valence-electron chi connectivity index (χ3n) is 2.36. The van der Waals surface area contributed by atoms with Gasteiger partial charge in [-0.1, -0.05) is 6.92 Å². The van der Waals surface area contributed by atoms with Crippen molar-refractivity contribution >= 4 is 5.69 Å². The molecule has 2 rings (SSSR count). The third kappa shape index (κ3) is 2.06. The Morgan fingerprint density at radius 2 is 2.33 bits per heavy atom. The van der Waals surface area contributed by atoms with E-state index in [1.165, 1.54) is 6.20 Å². The van der Waals surface area contributed by atoms with E-state index in [4.69, 9.17) is 4.74 Å². The van der Waals surface area contributed by atoms with Crippen molar-refractivity contribution in [3.05, 3.63) is 28.1 Å². The minimum absolute atomic E-state index is 0.0515. The van der Waals surface area contributed by atoms with Crippen LogP contribution in [0.2, 0.25) is 0 Å². The molecule has 0 spiro atoms. The molecule has 0 N–H and O–H groups in total. The minimum atomic E-state index is -0.411. The highest BCUT2D eigenvalue weighted by atomic mass is 16.6. The molecule has 0 aromatic carbocycles. The van der Waals surface area contributed by atoms with E-state index in [1.54, 1.807) is 6.20 Å². The number of nitro groups is 1. The van der Waals surface area contributed by atoms with E-state index in [-0.39, 0.29) is 11.8 Å². The van der Waals surface area contributed by atoms with Gasteiger partial charge in [0.2, 0.25) is 0 Å². The molecule has 0 bridgehead atoms.